The maximum absolute atomic E-state index is 12.7. The summed E-state index contributed by atoms with van der Waals surface area (Å²) in [6.07, 6.45) is -1.09. The molecule has 9 nitrogen and oxygen atoms in total. The van der Waals surface area contributed by atoms with Gasteiger partial charge in [-0.3, -0.25) is 10.0 Å². The minimum absolute atomic E-state index is 0.0615. The van der Waals surface area contributed by atoms with Crippen molar-refractivity contribution < 1.29 is 24.4 Å². The van der Waals surface area contributed by atoms with Gasteiger partial charge in [0.05, 0.1) is 11.4 Å². The number of ether oxygens (including phenoxy) is 1. The van der Waals surface area contributed by atoms with E-state index in [9.17, 15) is 14.8 Å². The van der Waals surface area contributed by atoms with Crippen LogP contribution in [-0.4, -0.2) is 51.4 Å². The molecule has 142 valence electrons. The third-order valence-corrected chi connectivity index (χ3v) is 3.39. The standard InChI is InChI=1S/C16H28N4O5/c1-9-24-19-10(2)16(20(23)13(22)25-15(6,7)8)11(14(3,4)5)17-18-12(16)21/h23H,9H2,1-8H3,(H,18,21). The molecule has 1 atom stereocenters. The van der Waals surface area contributed by atoms with Gasteiger partial charge in [0.1, 0.15) is 12.2 Å². The summed E-state index contributed by atoms with van der Waals surface area (Å²) in [6, 6.07) is 0. The van der Waals surface area contributed by atoms with Gasteiger partial charge in [-0.25, -0.2) is 10.2 Å². The molecular formula is C16H28N4O5. The van der Waals surface area contributed by atoms with Crippen LogP contribution in [0.3, 0.4) is 0 Å². The second kappa shape index (κ2) is 6.99. The maximum atomic E-state index is 12.7. The number of hydroxylamine groups is 2. The Bertz CT molecular complexity index is 601. The highest BCUT2D eigenvalue weighted by molar-refractivity contribution is 6.35. The first-order valence-electron chi connectivity index (χ1n) is 8.06. The Morgan fingerprint density at radius 1 is 1.32 bits per heavy atom. The van der Waals surface area contributed by atoms with Crippen molar-refractivity contribution in [3.8, 4) is 0 Å². The van der Waals surface area contributed by atoms with Gasteiger partial charge in [0.25, 0.3) is 5.91 Å². The number of nitrogens with zero attached hydrogens (tertiary/aromatic N) is 3. The number of hydrogen-bond acceptors (Lipinski definition) is 7. The molecule has 1 aliphatic heterocycles. The average Bonchev–Trinajstić information content (AvgIpc) is 2.80. The van der Waals surface area contributed by atoms with Gasteiger partial charge in [-0.1, -0.05) is 25.9 Å². The normalized spacial score (nSPS) is 21.6. The summed E-state index contributed by atoms with van der Waals surface area (Å²) in [5.41, 5.74) is -0.864. The van der Waals surface area contributed by atoms with E-state index in [2.05, 4.69) is 15.7 Å². The predicted molar refractivity (Wildman–Crippen MR) is 92.4 cm³/mol. The SMILES string of the molecule is CCON=C(C)C1(N(O)C(=O)OC(C)(C)C)C(=O)NN=C1C(C)(C)C. The van der Waals surface area contributed by atoms with Crippen molar-refractivity contribution in [2.75, 3.05) is 6.61 Å². The monoisotopic (exact) mass is 356 g/mol. The Labute approximate surface area is 148 Å². The van der Waals surface area contributed by atoms with E-state index in [-0.39, 0.29) is 23.1 Å². The zero-order valence-electron chi connectivity index (χ0n) is 16.1. The van der Waals surface area contributed by atoms with E-state index >= 15 is 0 Å². The van der Waals surface area contributed by atoms with Crippen LogP contribution in [0, 0.1) is 5.41 Å². The second-order valence-corrected chi connectivity index (χ2v) is 7.75. The van der Waals surface area contributed by atoms with Crippen molar-refractivity contribution in [1.82, 2.24) is 10.5 Å². The molecule has 25 heavy (non-hydrogen) atoms. The lowest BCUT2D eigenvalue weighted by Gasteiger charge is -2.38. The summed E-state index contributed by atoms with van der Waals surface area (Å²) >= 11 is 0. The van der Waals surface area contributed by atoms with Crippen LogP contribution in [0.2, 0.25) is 0 Å². The molecule has 0 saturated heterocycles. The predicted octanol–water partition coefficient (Wildman–Crippen LogP) is 2.30. The Balaban J connectivity index is 3.51. The third-order valence-electron chi connectivity index (χ3n) is 3.39. The second-order valence-electron chi connectivity index (χ2n) is 7.75. The minimum Gasteiger partial charge on any atom is -0.442 e. The van der Waals surface area contributed by atoms with Crippen molar-refractivity contribution in [1.29, 1.82) is 0 Å². The van der Waals surface area contributed by atoms with Crippen LogP contribution < -0.4 is 5.43 Å². The Morgan fingerprint density at radius 2 is 1.88 bits per heavy atom. The lowest BCUT2D eigenvalue weighted by molar-refractivity contribution is -0.149. The Hall–Kier alpha value is -2.16. The minimum atomic E-state index is -1.95. The molecule has 0 saturated carbocycles. The number of amides is 2. The molecule has 1 aliphatic rings. The fraction of sp³-hybridized carbons (Fsp3) is 0.750. The molecule has 1 rings (SSSR count). The first-order chi connectivity index (χ1) is 11.3. The van der Waals surface area contributed by atoms with Crippen LogP contribution >= 0.6 is 0 Å². The van der Waals surface area contributed by atoms with Gasteiger partial charge in [-0.05, 0) is 34.6 Å². The summed E-state index contributed by atoms with van der Waals surface area (Å²) in [7, 11) is 0. The number of carbonyl (C=O) groups excluding carboxylic acids is 2. The smallest absolute Gasteiger partial charge is 0.436 e. The summed E-state index contributed by atoms with van der Waals surface area (Å²) in [4.78, 5) is 30.2. The van der Waals surface area contributed by atoms with Gasteiger partial charge in [-0.2, -0.15) is 10.2 Å². The molecule has 2 amide bonds. The molecule has 0 fully saturated rings. The summed E-state index contributed by atoms with van der Waals surface area (Å²) in [6.45, 7) is 13.8. The van der Waals surface area contributed by atoms with Gasteiger partial charge in [-0.15, -0.1) is 0 Å². The van der Waals surface area contributed by atoms with Gasteiger partial charge in [0, 0.05) is 5.41 Å². The Kier molecular flexibility index (Phi) is 5.84. The molecule has 0 aromatic rings. The van der Waals surface area contributed by atoms with Crippen LogP contribution in [0.5, 0.6) is 0 Å². The van der Waals surface area contributed by atoms with Crippen LogP contribution in [-0.2, 0) is 14.4 Å². The average molecular weight is 356 g/mol. The molecule has 0 radical (unpaired) electrons. The highest BCUT2D eigenvalue weighted by atomic mass is 16.6. The number of carbonyl (C=O) groups is 2. The van der Waals surface area contributed by atoms with Gasteiger partial charge in [0.2, 0.25) is 5.54 Å². The maximum Gasteiger partial charge on any atom is 0.436 e. The van der Waals surface area contributed by atoms with E-state index < -0.39 is 28.6 Å². The van der Waals surface area contributed by atoms with Crippen molar-refractivity contribution in [3.05, 3.63) is 0 Å². The lowest BCUT2D eigenvalue weighted by Crippen LogP contribution is -2.67. The van der Waals surface area contributed by atoms with Crippen LogP contribution in [0.1, 0.15) is 55.4 Å². The summed E-state index contributed by atoms with van der Waals surface area (Å²) < 4.78 is 5.21. The zero-order chi connectivity index (χ0) is 19.6. The van der Waals surface area contributed by atoms with Gasteiger partial charge < -0.3 is 9.57 Å². The highest BCUT2D eigenvalue weighted by Crippen LogP contribution is 2.34. The number of nitrogens with one attached hydrogen (secondary N) is 1. The highest BCUT2D eigenvalue weighted by Gasteiger charge is 2.61. The molecule has 0 aliphatic carbocycles. The van der Waals surface area contributed by atoms with E-state index in [1.165, 1.54) is 6.92 Å². The lowest BCUT2D eigenvalue weighted by atomic mass is 9.75. The quantitative estimate of drug-likeness (QED) is 0.456. The zero-order valence-corrected chi connectivity index (χ0v) is 16.1. The fourth-order valence-electron chi connectivity index (χ4n) is 2.44. The molecule has 1 heterocycles. The fourth-order valence-corrected chi connectivity index (χ4v) is 2.44. The van der Waals surface area contributed by atoms with Crippen LogP contribution in [0.25, 0.3) is 0 Å². The van der Waals surface area contributed by atoms with Crippen molar-refractivity contribution >= 4 is 23.4 Å². The molecule has 0 aromatic heterocycles. The van der Waals surface area contributed by atoms with E-state index in [0.29, 0.717) is 0 Å². The number of oxime groups is 1. The number of hydrogen-bond donors (Lipinski definition) is 2. The molecule has 2 N–H and O–H groups in total. The molecule has 9 heteroatoms. The molecule has 0 aromatic carbocycles. The van der Waals surface area contributed by atoms with Gasteiger partial charge in [0.15, 0.2) is 0 Å². The van der Waals surface area contributed by atoms with Gasteiger partial charge >= 0.3 is 6.09 Å². The molecule has 0 spiro atoms. The molecule has 1 unspecified atom stereocenters. The molecular weight excluding hydrogens is 328 g/mol. The van der Waals surface area contributed by atoms with Crippen LogP contribution in [0.15, 0.2) is 10.3 Å². The number of hydrazone groups is 1. The van der Waals surface area contributed by atoms with Crippen molar-refractivity contribution in [2.45, 2.75) is 66.5 Å². The summed E-state index contributed by atoms with van der Waals surface area (Å²) in [5, 5.41) is 18.8. The van der Waals surface area contributed by atoms with Crippen LogP contribution in [0.4, 0.5) is 4.79 Å². The first kappa shape index (κ1) is 20.9. The summed E-state index contributed by atoms with van der Waals surface area (Å²) in [5.74, 6) is -0.716. The Morgan fingerprint density at radius 3 is 2.32 bits per heavy atom. The number of rotatable bonds is 4. The molecule has 0 bridgehead atoms. The van der Waals surface area contributed by atoms with E-state index in [1.54, 1.807) is 48.5 Å². The largest absolute Gasteiger partial charge is 0.442 e. The van der Waals surface area contributed by atoms with E-state index in [1.807, 2.05) is 0 Å². The van der Waals surface area contributed by atoms with Crippen molar-refractivity contribution in [2.24, 2.45) is 15.7 Å². The topological polar surface area (TPSA) is 113 Å². The first-order valence-corrected chi connectivity index (χ1v) is 8.06. The van der Waals surface area contributed by atoms with E-state index in [0.717, 1.165) is 0 Å². The third kappa shape index (κ3) is 4.09. The van der Waals surface area contributed by atoms with E-state index in [4.69, 9.17) is 9.57 Å². The van der Waals surface area contributed by atoms with Crippen molar-refractivity contribution in [3.63, 3.8) is 0 Å².